The molecule has 0 saturated carbocycles. The third kappa shape index (κ3) is 4.77. The highest BCUT2D eigenvalue weighted by atomic mass is 19.1. The molecule has 1 atom stereocenters. The minimum atomic E-state index is -0.230. The van der Waals surface area contributed by atoms with Crippen molar-refractivity contribution in [1.29, 1.82) is 0 Å². The molecule has 5 heteroatoms. The molecule has 1 aliphatic rings. The Labute approximate surface area is 161 Å². The molecular weight excluding hydrogens is 341 g/mol. The van der Waals surface area contributed by atoms with Crippen molar-refractivity contribution in [3.8, 4) is 17.6 Å². The molecule has 0 amide bonds. The Bertz CT molecular complexity index is 843. The largest absolute Gasteiger partial charge is 0.497 e. The molecule has 1 saturated heterocycles. The van der Waals surface area contributed by atoms with Gasteiger partial charge < -0.3 is 4.74 Å². The molecule has 1 fully saturated rings. The van der Waals surface area contributed by atoms with Crippen LogP contribution in [0.25, 0.3) is 10.9 Å². The first-order valence-corrected chi connectivity index (χ1v) is 9.59. The van der Waals surface area contributed by atoms with Crippen molar-refractivity contribution in [2.24, 2.45) is 0 Å². The standard InChI is InChI=1S/C22H28FN3O/c1-4-5-10-25-12-13-26(17(2)16-25)11-6-7-19-20-14-18(27-3)8-9-22(20)24-15-21(19)23/h8-9,14-15,17H,6-7,10-13,16H2,1-3H3. The molecule has 2 heterocycles. The molecule has 27 heavy (non-hydrogen) atoms. The van der Waals surface area contributed by atoms with Gasteiger partial charge >= 0.3 is 0 Å². The first-order valence-electron chi connectivity index (χ1n) is 9.59. The summed E-state index contributed by atoms with van der Waals surface area (Å²) < 4.78 is 19.7. The van der Waals surface area contributed by atoms with Crippen LogP contribution in [0.2, 0.25) is 0 Å². The average Bonchev–Trinajstić information content (AvgIpc) is 2.69. The number of aromatic nitrogens is 1. The number of ether oxygens (including phenoxy) is 1. The molecule has 3 rings (SSSR count). The predicted molar refractivity (Wildman–Crippen MR) is 107 cm³/mol. The van der Waals surface area contributed by atoms with Gasteiger partial charge in [0.1, 0.15) is 11.6 Å². The van der Waals surface area contributed by atoms with Gasteiger partial charge in [-0.1, -0.05) is 5.92 Å². The number of rotatable bonds is 6. The quantitative estimate of drug-likeness (QED) is 0.730. The summed E-state index contributed by atoms with van der Waals surface area (Å²) in [6, 6.07) is 6.13. The third-order valence-corrected chi connectivity index (χ3v) is 5.33. The van der Waals surface area contributed by atoms with Crippen LogP contribution in [0.5, 0.6) is 5.75 Å². The van der Waals surface area contributed by atoms with Crippen LogP contribution in [0.15, 0.2) is 24.4 Å². The van der Waals surface area contributed by atoms with Crippen LogP contribution >= 0.6 is 0 Å². The maximum Gasteiger partial charge on any atom is 0.145 e. The second kappa shape index (κ2) is 9.16. The molecule has 1 aliphatic heterocycles. The van der Waals surface area contributed by atoms with Gasteiger partial charge in [0.05, 0.1) is 25.4 Å². The SMILES string of the molecule is CC#CCN1CCN(CCCc2c(F)cnc3ccc(OC)cc23)C(C)C1. The van der Waals surface area contributed by atoms with Crippen LogP contribution in [0.4, 0.5) is 4.39 Å². The van der Waals surface area contributed by atoms with Crippen LogP contribution in [0.3, 0.4) is 0 Å². The Morgan fingerprint density at radius 3 is 2.93 bits per heavy atom. The molecule has 0 aliphatic carbocycles. The van der Waals surface area contributed by atoms with E-state index in [4.69, 9.17) is 4.74 Å². The second-order valence-corrected chi connectivity index (χ2v) is 7.12. The Balaban J connectivity index is 1.62. The Kier molecular flexibility index (Phi) is 6.65. The first-order chi connectivity index (χ1) is 13.1. The van der Waals surface area contributed by atoms with Gasteiger partial charge in [-0.2, -0.15) is 0 Å². The number of methoxy groups -OCH3 is 1. The maximum absolute atomic E-state index is 14.4. The fourth-order valence-corrected chi connectivity index (χ4v) is 3.78. The summed E-state index contributed by atoms with van der Waals surface area (Å²) in [6.07, 6.45) is 2.96. The van der Waals surface area contributed by atoms with Gasteiger partial charge in [0.15, 0.2) is 0 Å². The molecule has 1 aromatic heterocycles. The predicted octanol–water partition coefficient (Wildman–Crippen LogP) is 3.34. The van der Waals surface area contributed by atoms with Gasteiger partial charge in [-0.25, -0.2) is 4.39 Å². The summed E-state index contributed by atoms with van der Waals surface area (Å²) in [5.41, 5.74) is 1.55. The lowest BCUT2D eigenvalue weighted by molar-refractivity contribution is 0.0914. The zero-order chi connectivity index (χ0) is 19.2. The molecule has 0 bridgehead atoms. The first kappa shape index (κ1) is 19.6. The van der Waals surface area contributed by atoms with Crippen LogP contribution < -0.4 is 4.74 Å². The van der Waals surface area contributed by atoms with E-state index in [9.17, 15) is 4.39 Å². The molecule has 0 spiro atoms. The molecule has 1 aromatic carbocycles. The second-order valence-electron chi connectivity index (χ2n) is 7.12. The van der Waals surface area contributed by atoms with Gasteiger partial charge in [0, 0.05) is 31.1 Å². The number of hydrogen-bond acceptors (Lipinski definition) is 4. The van der Waals surface area contributed by atoms with E-state index in [2.05, 4.69) is 33.5 Å². The number of hydrogen-bond donors (Lipinski definition) is 0. The molecule has 4 nitrogen and oxygen atoms in total. The molecule has 1 unspecified atom stereocenters. The third-order valence-electron chi connectivity index (χ3n) is 5.33. The van der Waals surface area contributed by atoms with Gasteiger partial charge in [-0.3, -0.25) is 14.8 Å². The van der Waals surface area contributed by atoms with Gasteiger partial charge in [0.25, 0.3) is 0 Å². The van der Waals surface area contributed by atoms with Crippen LogP contribution in [0.1, 0.15) is 25.8 Å². The fourth-order valence-electron chi connectivity index (χ4n) is 3.78. The number of pyridine rings is 1. The van der Waals surface area contributed by atoms with Crippen molar-refractivity contribution in [2.75, 3.05) is 39.8 Å². The lowest BCUT2D eigenvalue weighted by Crippen LogP contribution is -2.52. The molecule has 2 aromatic rings. The smallest absolute Gasteiger partial charge is 0.145 e. The van der Waals surface area contributed by atoms with Crippen molar-refractivity contribution in [2.45, 2.75) is 32.7 Å². The zero-order valence-electron chi connectivity index (χ0n) is 16.5. The summed E-state index contributed by atoms with van der Waals surface area (Å²) >= 11 is 0. The number of fused-ring (bicyclic) bond motifs is 1. The molecular formula is C22H28FN3O. The normalized spacial score (nSPS) is 18.3. The summed E-state index contributed by atoms with van der Waals surface area (Å²) in [6.45, 7) is 9.10. The lowest BCUT2D eigenvalue weighted by atomic mass is 10.0. The van der Waals surface area contributed by atoms with E-state index in [1.807, 2.05) is 25.1 Å². The van der Waals surface area contributed by atoms with E-state index in [0.717, 1.165) is 61.4 Å². The summed E-state index contributed by atoms with van der Waals surface area (Å²) in [4.78, 5) is 9.10. The number of halogens is 1. The van der Waals surface area contributed by atoms with E-state index < -0.39 is 0 Å². The Morgan fingerprint density at radius 1 is 1.33 bits per heavy atom. The van der Waals surface area contributed by atoms with Crippen LogP contribution in [-0.2, 0) is 6.42 Å². The van der Waals surface area contributed by atoms with Gasteiger partial charge in [-0.15, -0.1) is 5.92 Å². The minimum Gasteiger partial charge on any atom is -0.497 e. The van der Waals surface area contributed by atoms with Crippen molar-refractivity contribution in [1.82, 2.24) is 14.8 Å². The van der Waals surface area contributed by atoms with Crippen LogP contribution in [-0.4, -0.2) is 60.7 Å². The highest BCUT2D eigenvalue weighted by Gasteiger charge is 2.22. The summed E-state index contributed by atoms with van der Waals surface area (Å²) in [5, 5.41) is 0.852. The van der Waals surface area contributed by atoms with E-state index in [0.29, 0.717) is 12.5 Å². The zero-order valence-corrected chi connectivity index (χ0v) is 16.5. The van der Waals surface area contributed by atoms with Crippen molar-refractivity contribution in [3.63, 3.8) is 0 Å². The highest BCUT2D eigenvalue weighted by Crippen LogP contribution is 2.25. The van der Waals surface area contributed by atoms with E-state index in [1.165, 1.54) is 6.20 Å². The van der Waals surface area contributed by atoms with E-state index in [1.54, 1.807) is 7.11 Å². The lowest BCUT2D eigenvalue weighted by Gasteiger charge is -2.39. The number of aryl methyl sites for hydroxylation is 1. The van der Waals surface area contributed by atoms with Crippen molar-refractivity contribution in [3.05, 3.63) is 35.8 Å². The average molecular weight is 369 g/mol. The number of piperazine rings is 1. The van der Waals surface area contributed by atoms with Gasteiger partial charge in [0.2, 0.25) is 0 Å². The van der Waals surface area contributed by atoms with E-state index in [-0.39, 0.29) is 5.82 Å². The van der Waals surface area contributed by atoms with E-state index >= 15 is 0 Å². The molecule has 144 valence electrons. The monoisotopic (exact) mass is 369 g/mol. The Hall–Kier alpha value is -2.16. The number of nitrogens with zero attached hydrogens (tertiary/aromatic N) is 3. The number of benzene rings is 1. The summed E-state index contributed by atoms with van der Waals surface area (Å²) in [7, 11) is 1.63. The van der Waals surface area contributed by atoms with Gasteiger partial charge in [-0.05, 0) is 57.0 Å². The van der Waals surface area contributed by atoms with Crippen molar-refractivity contribution < 1.29 is 9.13 Å². The summed E-state index contributed by atoms with van der Waals surface area (Å²) in [5.74, 6) is 6.62. The topological polar surface area (TPSA) is 28.6 Å². The Morgan fingerprint density at radius 2 is 2.19 bits per heavy atom. The fraction of sp³-hybridized carbons (Fsp3) is 0.500. The maximum atomic E-state index is 14.4. The molecule has 0 N–H and O–H groups in total. The molecule has 0 radical (unpaired) electrons. The van der Waals surface area contributed by atoms with Crippen molar-refractivity contribution >= 4 is 10.9 Å². The minimum absolute atomic E-state index is 0.230. The highest BCUT2D eigenvalue weighted by molar-refractivity contribution is 5.83. The van der Waals surface area contributed by atoms with Crippen LogP contribution in [0, 0.1) is 17.7 Å².